The van der Waals surface area contributed by atoms with Crippen LogP contribution in [0.2, 0.25) is 0 Å². The van der Waals surface area contributed by atoms with Crippen molar-refractivity contribution in [3.8, 4) is 0 Å². The molecule has 0 aliphatic heterocycles. The minimum Gasteiger partial charge on any atom is -0.307 e. The molecule has 1 amide bonds. The molecule has 1 unspecified atom stereocenters. The van der Waals surface area contributed by atoms with Gasteiger partial charge in [-0.3, -0.25) is 4.79 Å². The van der Waals surface area contributed by atoms with Crippen molar-refractivity contribution in [1.82, 2.24) is 5.32 Å². The molecule has 3 nitrogen and oxygen atoms in total. The van der Waals surface area contributed by atoms with E-state index in [4.69, 9.17) is 0 Å². The van der Waals surface area contributed by atoms with Crippen LogP contribution in [0.5, 0.6) is 0 Å². The van der Waals surface area contributed by atoms with Crippen LogP contribution in [-0.2, 0) is 4.79 Å². The minimum atomic E-state index is -0.0152. The van der Waals surface area contributed by atoms with Gasteiger partial charge in [-0.25, -0.2) is 0 Å². The number of hydrogen-bond acceptors (Lipinski definition) is 1. The zero-order valence-electron chi connectivity index (χ0n) is 20.7. The van der Waals surface area contributed by atoms with Gasteiger partial charge in [0, 0.05) is 6.92 Å². The lowest BCUT2D eigenvalue weighted by Crippen LogP contribution is -2.64. The summed E-state index contributed by atoms with van der Waals surface area (Å²) in [5, 5.41) is 3.59. The number of carbonyl (C=O) groups excluding carboxylic acids is 1. The Morgan fingerprint density at radius 3 is 1.77 bits per heavy atom. The molecule has 0 saturated heterocycles. The van der Waals surface area contributed by atoms with E-state index in [1.54, 1.807) is 0 Å². The highest BCUT2D eigenvalue weighted by molar-refractivity contribution is 5.83. The largest absolute Gasteiger partial charge is 0.307 e. The van der Waals surface area contributed by atoms with Gasteiger partial charge in [-0.05, 0) is 83.0 Å². The predicted molar refractivity (Wildman–Crippen MR) is 127 cm³/mol. The molecule has 174 valence electrons. The minimum absolute atomic E-state index is 0.0152. The predicted octanol–water partition coefficient (Wildman–Crippen LogP) is 6.66. The monoisotopic (exact) mass is 419 g/mol. The normalized spacial score (nSPS) is 31.1. The second-order valence-corrected chi connectivity index (χ2v) is 11.4. The van der Waals surface area contributed by atoms with Gasteiger partial charge in [-0.2, -0.15) is 0 Å². The summed E-state index contributed by atoms with van der Waals surface area (Å²) in [6.07, 6.45) is 19.0. The number of hydrogen-bond donors (Lipinski definition) is 1. The van der Waals surface area contributed by atoms with Crippen LogP contribution in [0, 0.1) is 23.2 Å². The van der Waals surface area contributed by atoms with Crippen molar-refractivity contribution >= 4 is 5.91 Å². The topological polar surface area (TPSA) is 29.1 Å². The number of nitrogens with one attached hydrogen (secondary N) is 1. The molecule has 0 aromatic heterocycles. The SMILES string of the molecule is CCCCCCCCCC[N+](CC)(CC)C(C)NC(=O)C12CC3CC(CC(C3)C1)C2. The van der Waals surface area contributed by atoms with Crippen LogP contribution >= 0.6 is 0 Å². The van der Waals surface area contributed by atoms with Crippen LogP contribution in [0.1, 0.15) is 118 Å². The Balaban J connectivity index is 1.48. The van der Waals surface area contributed by atoms with Crippen LogP contribution in [0.4, 0.5) is 0 Å². The van der Waals surface area contributed by atoms with Crippen LogP contribution in [-0.4, -0.2) is 36.2 Å². The van der Waals surface area contributed by atoms with E-state index in [1.165, 1.54) is 96.4 Å². The summed E-state index contributed by atoms with van der Waals surface area (Å²) >= 11 is 0. The summed E-state index contributed by atoms with van der Waals surface area (Å²) in [4.78, 5) is 13.6. The van der Waals surface area contributed by atoms with Crippen LogP contribution in [0.3, 0.4) is 0 Å². The van der Waals surface area contributed by atoms with Gasteiger partial charge < -0.3 is 9.80 Å². The summed E-state index contributed by atoms with van der Waals surface area (Å²) in [7, 11) is 0. The number of amides is 1. The van der Waals surface area contributed by atoms with Crippen molar-refractivity contribution in [3.63, 3.8) is 0 Å². The average Bonchev–Trinajstić information content (AvgIpc) is 2.72. The molecule has 4 saturated carbocycles. The third-order valence-electron chi connectivity index (χ3n) is 9.40. The van der Waals surface area contributed by atoms with Crippen LogP contribution < -0.4 is 5.32 Å². The fourth-order valence-corrected chi connectivity index (χ4v) is 7.71. The second-order valence-electron chi connectivity index (χ2n) is 11.4. The van der Waals surface area contributed by atoms with Crippen molar-refractivity contribution in [2.24, 2.45) is 23.2 Å². The smallest absolute Gasteiger partial charge is 0.230 e. The number of rotatable bonds is 14. The van der Waals surface area contributed by atoms with Crippen molar-refractivity contribution in [3.05, 3.63) is 0 Å². The van der Waals surface area contributed by atoms with Gasteiger partial charge in [0.1, 0.15) is 0 Å². The first-order valence-corrected chi connectivity index (χ1v) is 13.6. The Labute approximate surface area is 187 Å². The lowest BCUT2D eigenvalue weighted by molar-refractivity contribution is -0.948. The first kappa shape index (κ1) is 24.1. The Morgan fingerprint density at radius 2 is 1.30 bits per heavy atom. The van der Waals surface area contributed by atoms with Gasteiger partial charge >= 0.3 is 0 Å². The summed E-state index contributed by atoms with van der Waals surface area (Å²) in [5.74, 6) is 2.93. The van der Waals surface area contributed by atoms with Crippen LogP contribution in [0.25, 0.3) is 0 Å². The maximum atomic E-state index is 13.6. The standard InChI is InChI=1S/C27H50N2O/c1-5-8-9-10-11-12-13-14-15-29(6-2,7-3)22(4)28-26(30)27-19-23-16-24(20-27)18-25(17-23)21-27/h22-25H,5-21H2,1-4H3/p+1. The molecular weight excluding hydrogens is 368 g/mol. The summed E-state index contributed by atoms with van der Waals surface area (Å²) in [6, 6.07) is 0. The van der Waals surface area contributed by atoms with Gasteiger partial charge in [-0.15, -0.1) is 0 Å². The summed E-state index contributed by atoms with van der Waals surface area (Å²) in [5.41, 5.74) is -0.0152. The molecule has 0 radical (unpaired) electrons. The average molecular weight is 420 g/mol. The molecule has 4 bridgehead atoms. The van der Waals surface area contributed by atoms with Gasteiger partial charge in [0.05, 0.1) is 25.0 Å². The highest BCUT2D eigenvalue weighted by atomic mass is 16.2. The third kappa shape index (κ3) is 5.43. The molecular formula is C27H51N2O+. The van der Waals surface area contributed by atoms with Gasteiger partial charge in [0.15, 0.2) is 6.17 Å². The zero-order chi connectivity index (χ0) is 21.6. The van der Waals surface area contributed by atoms with E-state index in [-0.39, 0.29) is 11.6 Å². The quantitative estimate of drug-likeness (QED) is 0.190. The molecule has 1 N–H and O–H groups in total. The number of quaternary nitrogens is 1. The van der Waals surface area contributed by atoms with E-state index in [1.807, 2.05) is 0 Å². The number of unbranched alkanes of at least 4 members (excludes halogenated alkanes) is 7. The molecule has 4 fully saturated rings. The summed E-state index contributed by atoms with van der Waals surface area (Å²) < 4.78 is 1.05. The van der Waals surface area contributed by atoms with E-state index in [9.17, 15) is 4.79 Å². The molecule has 0 aromatic rings. The Bertz CT molecular complexity index is 504. The number of nitrogens with zero attached hydrogens (tertiary/aromatic N) is 1. The maximum absolute atomic E-state index is 13.6. The van der Waals surface area contributed by atoms with E-state index < -0.39 is 0 Å². The number of carbonyl (C=O) groups is 1. The van der Waals surface area contributed by atoms with Crippen molar-refractivity contribution < 1.29 is 9.28 Å². The lowest BCUT2D eigenvalue weighted by Gasteiger charge is -2.56. The van der Waals surface area contributed by atoms with Crippen molar-refractivity contribution in [2.75, 3.05) is 19.6 Å². The Kier molecular flexibility index (Phi) is 8.70. The fraction of sp³-hybridized carbons (Fsp3) is 0.963. The lowest BCUT2D eigenvalue weighted by atomic mass is 9.49. The summed E-state index contributed by atoms with van der Waals surface area (Å²) in [6.45, 7) is 12.7. The highest BCUT2D eigenvalue weighted by Gasteiger charge is 2.55. The molecule has 30 heavy (non-hydrogen) atoms. The van der Waals surface area contributed by atoms with E-state index in [0.29, 0.717) is 5.91 Å². The highest BCUT2D eigenvalue weighted by Crippen LogP contribution is 2.60. The molecule has 3 heteroatoms. The molecule has 1 atom stereocenters. The van der Waals surface area contributed by atoms with E-state index >= 15 is 0 Å². The van der Waals surface area contributed by atoms with E-state index in [0.717, 1.165) is 35.3 Å². The van der Waals surface area contributed by atoms with Crippen LogP contribution in [0.15, 0.2) is 0 Å². The van der Waals surface area contributed by atoms with Crippen molar-refractivity contribution in [2.45, 2.75) is 124 Å². The molecule has 0 aromatic carbocycles. The molecule has 0 heterocycles. The molecule has 0 spiro atoms. The molecule has 4 aliphatic rings. The van der Waals surface area contributed by atoms with Crippen molar-refractivity contribution in [1.29, 1.82) is 0 Å². The first-order chi connectivity index (χ1) is 14.5. The van der Waals surface area contributed by atoms with Gasteiger partial charge in [-0.1, -0.05) is 45.4 Å². The Hall–Kier alpha value is -0.570. The maximum Gasteiger partial charge on any atom is 0.230 e. The zero-order valence-corrected chi connectivity index (χ0v) is 20.7. The van der Waals surface area contributed by atoms with Gasteiger partial charge in [0.25, 0.3) is 0 Å². The Morgan fingerprint density at radius 1 is 0.833 bits per heavy atom. The molecule has 4 aliphatic carbocycles. The third-order valence-corrected chi connectivity index (χ3v) is 9.40. The molecule has 4 rings (SSSR count). The van der Waals surface area contributed by atoms with Gasteiger partial charge in [0.2, 0.25) is 5.91 Å². The first-order valence-electron chi connectivity index (χ1n) is 13.6. The fourth-order valence-electron chi connectivity index (χ4n) is 7.71. The second kappa shape index (κ2) is 10.8. The van der Waals surface area contributed by atoms with E-state index in [2.05, 4.69) is 33.0 Å².